The van der Waals surface area contributed by atoms with Gasteiger partial charge in [-0.3, -0.25) is 0 Å². The highest BCUT2D eigenvalue weighted by molar-refractivity contribution is 8.37. The quantitative estimate of drug-likeness (QED) is 0.611. The maximum Gasteiger partial charge on any atom is 0.117 e. The Morgan fingerprint density at radius 1 is 1.33 bits per heavy atom. The zero-order chi connectivity index (χ0) is 11.1. The third-order valence-corrected chi connectivity index (χ3v) is 6.19. The molecule has 2 rings (SSSR count). The minimum atomic E-state index is -1.20. The van der Waals surface area contributed by atoms with Gasteiger partial charge in [0.1, 0.15) is 5.40 Å². The third kappa shape index (κ3) is 1.55. The summed E-state index contributed by atoms with van der Waals surface area (Å²) in [5, 5.41) is 11.9. The molecular formula is C13H17NS. The van der Waals surface area contributed by atoms with Gasteiger partial charge in [-0.25, -0.2) is 0 Å². The fraction of sp³-hybridized carbons (Fsp3) is 0.462. The summed E-state index contributed by atoms with van der Waals surface area (Å²) in [6, 6.07) is 8.48. The van der Waals surface area contributed by atoms with Crippen molar-refractivity contribution in [1.29, 1.82) is 5.26 Å². The normalized spacial score (nSPS) is 32.1. The number of thiocyanates is 1. The Bertz CT molecular complexity index is 430. The molecule has 80 valence electrons. The van der Waals surface area contributed by atoms with E-state index >= 15 is 0 Å². The summed E-state index contributed by atoms with van der Waals surface area (Å²) in [7, 11) is -1.20. The van der Waals surface area contributed by atoms with Crippen LogP contribution >= 0.6 is 10.0 Å². The molecule has 0 saturated heterocycles. The van der Waals surface area contributed by atoms with Crippen LogP contribution in [0.1, 0.15) is 25.8 Å². The van der Waals surface area contributed by atoms with Gasteiger partial charge in [0.25, 0.3) is 0 Å². The van der Waals surface area contributed by atoms with Crippen molar-refractivity contribution in [2.45, 2.75) is 30.6 Å². The molecule has 1 unspecified atom stereocenters. The van der Waals surface area contributed by atoms with Gasteiger partial charge in [0.15, 0.2) is 0 Å². The molecule has 2 heteroatoms. The Hall–Kier alpha value is -0.940. The monoisotopic (exact) mass is 219 g/mol. The van der Waals surface area contributed by atoms with Gasteiger partial charge in [0.05, 0.1) is 0 Å². The second kappa shape index (κ2) is 3.28. The summed E-state index contributed by atoms with van der Waals surface area (Å²) >= 11 is 0. The van der Waals surface area contributed by atoms with Crippen molar-refractivity contribution in [3.8, 4) is 5.40 Å². The Morgan fingerprint density at radius 2 is 2.00 bits per heavy atom. The van der Waals surface area contributed by atoms with Crippen LogP contribution in [0.15, 0.2) is 29.2 Å². The van der Waals surface area contributed by atoms with Crippen LogP contribution in [0.3, 0.4) is 0 Å². The fourth-order valence-electron chi connectivity index (χ4n) is 2.22. The highest BCUT2D eigenvalue weighted by Gasteiger charge is 2.36. The second-order valence-electron chi connectivity index (χ2n) is 5.01. The topological polar surface area (TPSA) is 23.8 Å². The van der Waals surface area contributed by atoms with Crippen molar-refractivity contribution in [3.63, 3.8) is 0 Å². The molecule has 15 heavy (non-hydrogen) atoms. The summed E-state index contributed by atoms with van der Waals surface area (Å²) in [6.07, 6.45) is 3.27. The molecule has 0 aromatic heterocycles. The molecule has 0 spiro atoms. The lowest BCUT2D eigenvalue weighted by Crippen LogP contribution is -2.27. The molecule has 0 amide bonds. The van der Waals surface area contributed by atoms with Crippen molar-refractivity contribution in [1.82, 2.24) is 0 Å². The maximum absolute atomic E-state index is 9.35. The molecule has 1 nitrogen and oxygen atoms in total. The van der Waals surface area contributed by atoms with Gasteiger partial charge in [-0.2, -0.15) is 5.26 Å². The lowest BCUT2D eigenvalue weighted by atomic mass is 9.82. The van der Waals surface area contributed by atoms with Crippen LogP contribution in [0.5, 0.6) is 0 Å². The Balaban J connectivity index is 2.65. The Kier molecular flexibility index (Phi) is 2.31. The summed E-state index contributed by atoms with van der Waals surface area (Å²) in [5.74, 6) is 1.05. The highest BCUT2D eigenvalue weighted by atomic mass is 32.3. The number of nitrogens with zero attached hydrogens (tertiary/aromatic N) is 1. The first-order valence-corrected chi connectivity index (χ1v) is 7.47. The first-order valence-electron chi connectivity index (χ1n) is 5.26. The number of hydrogen-bond donors (Lipinski definition) is 0. The van der Waals surface area contributed by atoms with Gasteiger partial charge in [0, 0.05) is 4.90 Å². The van der Waals surface area contributed by atoms with Crippen molar-refractivity contribution in [2.24, 2.45) is 0 Å². The van der Waals surface area contributed by atoms with E-state index in [4.69, 9.17) is 0 Å². The van der Waals surface area contributed by atoms with Gasteiger partial charge in [-0.1, -0.05) is 32.0 Å². The molecule has 0 saturated carbocycles. The van der Waals surface area contributed by atoms with E-state index in [1.54, 1.807) is 0 Å². The molecule has 0 aliphatic carbocycles. The van der Waals surface area contributed by atoms with E-state index in [9.17, 15) is 5.26 Å². The van der Waals surface area contributed by atoms with Gasteiger partial charge in [-0.05, 0) is 35.5 Å². The van der Waals surface area contributed by atoms with Crippen LogP contribution in [-0.2, 0) is 5.41 Å². The number of hydrogen-bond acceptors (Lipinski definition) is 1. The highest BCUT2D eigenvalue weighted by Crippen LogP contribution is 2.59. The van der Waals surface area contributed by atoms with Crippen LogP contribution in [0, 0.1) is 10.7 Å². The molecule has 1 aromatic carbocycles. The van der Waals surface area contributed by atoms with Crippen LogP contribution in [-0.4, -0.2) is 12.0 Å². The van der Waals surface area contributed by atoms with Crippen molar-refractivity contribution >= 4 is 10.0 Å². The van der Waals surface area contributed by atoms with Crippen LogP contribution < -0.4 is 0 Å². The van der Waals surface area contributed by atoms with Crippen molar-refractivity contribution in [2.75, 3.05) is 12.0 Å². The molecule has 1 aliphatic heterocycles. The summed E-state index contributed by atoms with van der Waals surface area (Å²) in [6.45, 7) is 4.56. The predicted octanol–water partition coefficient (Wildman–Crippen LogP) is 3.64. The molecule has 1 atom stereocenters. The molecule has 0 bridgehead atoms. The number of benzene rings is 1. The van der Waals surface area contributed by atoms with E-state index in [1.165, 1.54) is 10.5 Å². The molecule has 0 N–H and O–H groups in total. The van der Waals surface area contributed by atoms with E-state index in [-0.39, 0.29) is 5.41 Å². The van der Waals surface area contributed by atoms with E-state index < -0.39 is 10.0 Å². The molecule has 1 heterocycles. The van der Waals surface area contributed by atoms with Crippen molar-refractivity contribution in [3.05, 3.63) is 29.8 Å². The van der Waals surface area contributed by atoms with Gasteiger partial charge in [-0.15, -0.1) is 10.0 Å². The largest absolute Gasteiger partial charge is 0.186 e. The van der Waals surface area contributed by atoms with Crippen LogP contribution in [0.2, 0.25) is 0 Å². The smallest absolute Gasteiger partial charge is 0.117 e. The first kappa shape index (κ1) is 10.6. The SMILES string of the molecule is CC1(C)CCS(C)(C#N)c2ccccc21. The first-order chi connectivity index (χ1) is 6.99. The molecular weight excluding hydrogens is 202 g/mol. The van der Waals surface area contributed by atoms with Crippen molar-refractivity contribution < 1.29 is 0 Å². The fourth-order valence-corrected chi connectivity index (χ4v) is 4.75. The van der Waals surface area contributed by atoms with Gasteiger partial charge in [0.2, 0.25) is 0 Å². The minimum absolute atomic E-state index is 0.236. The van der Waals surface area contributed by atoms with E-state index in [2.05, 4.69) is 49.8 Å². The predicted molar refractivity (Wildman–Crippen MR) is 66.3 cm³/mol. The molecule has 0 radical (unpaired) electrons. The Morgan fingerprint density at radius 3 is 2.67 bits per heavy atom. The Labute approximate surface area is 93.4 Å². The summed E-state index contributed by atoms with van der Waals surface area (Å²) in [5.41, 5.74) is 1.62. The van der Waals surface area contributed by atoms with Gasteiger partial charge >= 0.3 is 0 Å². The molecule has 1 aliphatic rings. The van der Waals surface area contributed by atoms with E-state index in [0.717, 1.165) is 12.2 Å². The zero-order valence-corrected chi connectivity index (χ0v) is 10.4. The average molecular weight is 219 g/mol. The van der Waals surface area contributed by atoms with E-state index in [0.29, 0.717) is 0 Å². The zero-order valence-electron chi connectivity index (χ0n) is 9.58. The van der Waals surface area contributed by atoms with E-state index in [1.807, 2.05) is 0 Å². The standard InChI is InChI=1S/C13H17NS/c1-13(2)8-9-15(3,10-14)12-7-5-4-6-11(12)13/h4-7H,8-9H2,1-3H3. The van der Waals surface area contributed by atoms with Crippen LogP contribution in [0.4, 0.5) is 0 Å². The second-order valence-corrected chi connectivity index (χ2v) is 8.22. The maximum atomic E-state index is 9.35. The number of rotatable bonds is 0. The van der Waals surface area contributed by atoms with Gasteiger partial charge < -0.3 is 0 Å². The average Bonchev–Trinajstić information content (AvgIpc) is 2.25. The molecule has 0 fully saturated rings. The number of fused-ring (bicyclic) bond motifs is 1. The lowest BCUT2D eigenvalue weighted by Gasteiger charge is -2.42. The summed E-state index contributed by atoms with van der Waals surface area (Å²) < 4.78 is 0. The molecule has 1 aromatic rings. The third-order valence-electron chi connectivity index (χ3n) is 3.44. The van der Waals surface area contributed by atoms with Crippen LogP contribution in [0.25, 0.3) is 0 Å². The lowest BCUT2D eigenvalue weighted by molar-refractivity contribution is 0.492. The number of nitriles is 1. The summed E-state index contributed by atoms with van der Waals surface area (Å²) in [4.78, 5) is 1.31. The minimum Gasteiger partial charge on any atom is -0.186 e.